The summed E-state index contributed by atoms with van der Waals surface area (Å²) in [6.45, 7) is 1.47. The molecule has 2 aromatic rings. The zero-order valence-electron chi connectivity index (χ0n) is 18.9. The van der Waals surface area contributed by atoms with E-state index in [1.54, 1.807) is 37.3 Å². The summed E-state index contributed by atoms with van der Waals surface area (Å²) in [5.74, 6) is -1.38. The number of esters is 2. The van der Waals surface area contributed by atoms with Crippen LogP contribution in [-0.4, -0.2) is 42.0 Å². The SMILES string of the molecule is CCOC(=O)C1=C(COC(=O)[C@]23CCC(=O)N2c2ccccc2S3)NC(=O)N[C@H]1c1ccccc1. The van der Waals surface area contributed by atoms with E-state index >= 15 is 0 Å². The molecular weight excluding hydrogens is 470 g/mol. The summed E-state index contributed by atoms with van der Waals surface area (Å²) < 4.78 is 10.9. The molecule has 5 rings (SSSR count). The first-order chi connectivity index (χ1) is 16.9. The van der Waals surface area contributed by atoms with Crippen molar-refractivity contribution < 1.29 is 28.7 Å². The molecule has 0 aliphatic carbocycles. The number of nitrogens with zero attached hydrogens (tertiary/aromatic N) is 1. The fraction of sp³-hybridized carbons (Fsp3) is 0.280. The number of thioether (sulfide) groups is 1. The second kappa shape index (κ2) is 9.10. The largest absolute Gasteiger partial charge is 0.463 e. The number of anilines is 1. The topological polar surface area (TPSA) is 114 Å². The number of carbonyl (C=O) groups is 4. The third-order valence-electron chi connectivity index (χ3n) is 6.12. The highest BCUT2D eigenvalue weighted by atomic mass is 32.2. The summed E-state index contributed by atoms with van der Waals surface area (Å²) in [6.07, 6.45) is 0.526. The van der Waals surface area contributed by atoms with Crippen molar-refractivity contribution in [1.82, 2.24) is 10.6 Å². The maximum absolute atomic E-state index is 13.4. The van der Waals surface area contributed by atoms with Crippen molar-refractivity contribution in [3.63, 3.8) is 0 Å². The normalized spacial score (nSPS) is 22.8. The van der Waals surface area contributed by atoms with Gasteiger partial charge in [0.25, 0.3) is 0 Å². The van der Waals surface area contributed by atoms with E-state index in [9.17, 15) is 19.2 Å². The number of fused-ring (bicyclic) bond motifs is 3. The predicted octanol–water partition coefficient (Wildman–Crippen LogP) is 3.03. The fourth-order valence-electron chi connectivity index (χ4n) is 4.60. The van der Waals surface area contributed by atoms with Gasteiger partial charge in [-0.25, -0.2) is 14.4 Å². The number of amides is 3. The third kappa shape index (κ3) is 3.93. The lowest BCUT2D eigenvalue weighted by atomic mass is 9.95. The lowest BCUT2D eigenvalue weighted by Crippen LogP contribution is -2.49. The van der Waals surface area contributed by atoms with Crippen molar-refractivity contribution in [2.24, 2.45) is 0 Å². The molecule has 180 valence electrons. The molecule has 0 saturated carbocycles. The molecule has 2 aromatic carbocycles. The molecule has 3 aliphatic heterocycles. The minimum absolute atomic E-state index is 0.139. The number of carbonyl (C=O) groups excluding carboxylic acids is 4. The van der Waals surface area contributed by atoms with Gasteiger partial charge < -0.3 is 20.1 Å². The summed E-state index contributed by atoms with van der Waals surface area (Å²) in [5, 5.41) is 5.34. The minimum atomic E-state index is -1.21. The lowest BCUT2D eigenvalue weighted by molar-refractivity contribution is -0.146. The zero-order chi connectivity index (χ0) is 24.6. The molecule has 2 atom stereocenters. The monoisotopic (exact) mass is 493 g/mol. The summed E-state index contributed by atoms with van der Waals surface area (Å²) in [5.41, 5.74) is 1.66. The molecular formula is C25H23N3O6S. The highest BCUT2D eigenvalue weighted by Gasteiger charge is 2.58. The summed E-state index contributed by atoms with van der Waals surface area (Å²) in [6, 6.07) is 15.0. The predicted molar refractivity (Wildman–Crippen MR) is 127 cm³/mol. The number of hydrogen-bond donors (Lipinski definition) is 2. The van der Waals surface area contributed by atoms with E-state index in [2.05, 4.69) is 10.6 Å². The van der Waals surface area contributed by atoms with Gasteiger partial charge in [-0.1, -0.05) is 54.2 Å². The Labute approximate surface area is 205 Å². The highest BCUT2D eigenvalue weighted by Crippen LogP contribution is 2.56. The maximum Gasteiger partial charge on any atom is 0.343 e. The van der Waals surface area contributed by atoms with Crippen LogP contribution in [0, 0.1) is 0 Å². The van der Waals surface area contributed by atoms with Crippen LogP contribution in [0.3, 0.4) is 0 Å². The number of para-hydroxylation sites is 1. The maximum atomic E-state index is 13.4. The van der Waals surface area contributed by atoms with Gasteiger partial charge in [0.15, 0.2) is 4.87 Å². The molecule has 10 heteroatoms. The van der Waals surface area contributed by atoms with Gasteiger partial charge in [0.1, 0.15) is 6.61 Å². The van der Waals surface area contributed by atoms with Crippen molar-refractivity contribution in [1.29, 1.82) is 0 Å². The second-order valence-corrected chi connectivity index (χ2v) is 9.53. The van der Waals surface area contributed by atoms with Crippen LogP contribution in [-0.2, 0) is 23.9 Å². The van der Waals surface area contributed by atoms with Crippen molar-refractivity contribution >= 4 is 41.3 Å². The lowest BCUT2D eigenvalue weighted by Gasteiger charge is -2.31. The first-order valence-corrected chi connectivity index (χ1v) is 12.1. The summed E-state index contributed by atoms with van der Waals surface area (Å²) >= 11 is 1.29. The van der Waals surface area contributed by atoms with Crippen molar-refractivity contribution in [3.8, 4) is 0 Å². The van der Waals surface area contributed by atoms with Crippen LogP contribution in [0.25, 0.3) is 0 Å². The molecule has 3 aliphatic rings. The van der Waals surface area contributed by atoms with Gasteiger partial charge in [-0.2, -0.15) is 0 Å². The average Bonchev–Trinajstić information content (AvgIpc) is 3.38. The van der Waals surface area contributed by atoms with Gasteiger partial charge in [-0.3, -0.25) is 9.69 Å². The Morgan fingerprint density at radius 2 is 1.83 bits per heavy atom. The van der Waals surface area contributed by atoms with Crippen LogP contribution in [0.5, 0.6) is 0 Å². The van der Waals surface area contributed by atoms with Crippen LogP contribution < -0.4 is 15.5 Å². The molecule has 0 bridgehead atoms. The number of nitrogens with one attached hydrogen (secondary N) is 2. The first kappa shape index (κ1) is 23.0. The molecule has 3 heterocycles. The van der Waals surface area contributed by atoms with E-state index in [-0.39, 0.29) is 36.8 Å². The molecule has 1 fully saturated rings. The van der Waals surface area contributed by atoms with Gasteiger partial charge >= 0.3 is 18.0 Å². The average molecular weight is 494 g/mol. The van der Waals surface area contributed by atoms with Gasteiger partial charge in [0.2, 0.25) is 5.91 Å². The van der Waals surface area contributed by atoms with Crippen LogP contribution >= 0.6 is 11.8 Å². The van der Waals surface area contributed by atoms with Crippen LogP contribution in [0.15, 0.2) is 70.8 Å². The highest BCUT2D eigenvalue weighted by molar-refractivity contribution is 8.02. The quantitative estimate of drug-likeness (QED) is 0.595. The Bertz CT molecular complexity index is 1250. The minimum Gasteiger partial charge on any atom is -0.463 e. The Morgan fingerprint density at radius 1 is 1.09 bits per heavy atom. The Hall–Kier alpha value is -3.79. The molecule has 1 saturated heterocycles. The Kier molecular flexibility index (Phi) is 5.98. The summed E-state index contributed by atoms with van der Waals surface area (Å²) in [7, 11) is 0. The molecule has 3 amide bonds. The molecule has 0 unspecified atom stereocenters. The summed E-state index contributed by atoms with van der Waals surface area (Å²) in [4.78, 5) is 52.6. The number of urea groups is 1. The second-order valence-electron chi connectivity index (χ2n) is 8.21. The van der Waals surface area contributed by atoms with Crippen LogP contribution in [0.1, 0.15) is 31.4 Å². The van der Waals surface area contributed by atoms with Gasteiger partial charge in [0, 0.05) is 17.7 Å². The van der Waals surface area contributed by atoms with E-state index in [0.717, 1.165) is 4.90 Å². The van der Waals surface area contributed by atoms with Crippen molar-refractivity contribution in [2.75, 3.05) is 18.1 Å². The van der Waals surface area contributed by atoms with Crippen LogP contribution in [0.2, 0.25) is 0 Å². The number of hydrogen-bond acceptors (Lipinski definition) is 7. The van der Waals surface area contributed by atoms with E-state index in [1.807, 2.05) is 24.3 Å². The Balaban J connectivity index is 1.45. The first-order valence-electron chi connectivity index (χ1n) is 11.3. The van der Waals surface area contributed by atoms with Crippen LogP contribution in [0.4, 0.5) is 10.5 Å². The zero-order valence-corrected chi connectivity index (χ0v) is 19.7. The van der Waals surface area contributed by atoms with Crippen molar-refractivity contribution in [2.45, 2.75) is 35.6 Å². The smallest absolute Gasteiger partial charge is 0.343 e. The number of ether oxygens (including phenoxy) is 2. The molecule has 9 nitrogen and oxygen atoms in total. The molecule has 0 radical (unpaired) electrons. The van der Waals surface area contributed by atoms with E-state index < -0.39 is 28.9 Å². The van der Waals surface area contributed by atoms with Crippen molar-refractivity contribution in [3.05, 3.63) is 71.4 Å². The van der Waals surface area contributed by atoms with Gasteiger partial charge in [0.05, 0.1) is 29.6 Å². The third-order valence-corrected chi connectivity index (χ3v) is 7.58. The standard InChI is InChI=1S/C25H23N3O6S/c1-2-33-22(30)20-16(26-24(32)27-21(20)15-8-4-3-5-9-15)14-34-23(31)25-13-12-19(29)28(25)17-10-6-7-11-18(17)35-25/h3-11,21H,2,12-14H2,1H3,(H2,26,27,32)/t21-,25+/m0/s1. The van der Waals surface area contributed by atoms with E-state index in [0.29, 0.717) is 17.7 Å². The number of benzene rings is 2. The molecule has 2 N–H and O–H groups in total. The molecule has 35 heavy (non-hydrogen) atoms. The van der Waals surface area contributed by atoms with Gasteiger partial charge in [-0.05, 0) is 24.6 Å². The Morgan fingerprint density at radius 3 is 2.60 bits per heavy atom. The molecule has 0 aromatic heterocycles. The molecule has 0 spiro atoms. The van der Waals surface area contributed by atoms with E-state index in [1.165, 1.54) is 16.7 Å². The fourth-order valence-corrected chi connectivity index (χ4v) is 6.01. The van der Waals surface area contributed by atoms with Gasteiger partial charge in [-0.15, -0.1) is 0 Å². The number of rotatable bonds is 6. The van der Waals surface area contributed by atoms with E-state index in [4.69, 9.17) is 9.47 Å².